The standard InChI is InChI=1S/C11H20BNO2/c1-10(2)11(3,4)15-12(14-10)9-8-5-7(8)6-13-9/h7-9,13H,5-6H2,1-4H3. The monoisotopic (exact) mass is 209 g/mol. The van der Waals surface area contributed by atoms with Gasteiger partial charge in [0.05, 0.1) is 11.2 Å². The van der Waals surface area contributed by atoms with E-state index in [1.54, 1.807) is 0 Å². The van der Waals surface area contributed by atoms with Gasteiger partial charge in [0.2, 0.25) is 0 Å². The van der Waals surface area contributed by atoms with Gasteiger partial charge >= 0.3 is 7.12 Å². The summed E-state index contributed by atoms with van der Waals surface area (Å²) in [5.74, 6) is 2.13. The average molecular weight is 209 g/mol. The van der Waals surface area contributed by atoms with Gasteiger partial charge in [0, 0.05) is 5.94 Å². The Morgan fingerprint density at radius 1 is 1.13 bits per heavy atom. The van der Waals surface area contributed by atoms with Gasteiger partial charge in [-0.25, -0.2) is 0 Å². The summed E-state index contributed by atoms with van der Waals surface area (Å²) in [5.41, 5.74) is -0.376. The van der Waals surface area contributed by atoms with E-state index in [1.165, 1.54) is 6.42 Å². The van der Waals surface area contributed by atoms with Crippen LogP contribution in [-0.2, 0) is 9.31 Å². The quantitative estimate of drug-likeness (QED) is 0.659. The highest BCUT2D eigenvalue weighted by atomic mass is 16.7. The molecule has 84 valence electrons. The van der Waals surface area contributed by atoms with Gasteiger partial charge in [-0.2, -0.15) is 0 Å². The number of fused-ring (bicyclic) bond motifs is 1. The number of hydrogen-bond acceptors (Lipinski definition) is 3. The molecule has 0 amide bonds. The van der Waals surface area contributed by atoms with Crippen LogP contribution in [0.15, 0.2) is 0 Å². The molecule has 2 aliphatic heterocycles. The molecule has 3 unspecified atom stereocenters. The summed E-state index contributed by atoms with van der Waals surface area (Å²) in [6, 6.07) is 0. The molecule has 2 saturated heterocycles. The Kier molecular flexibility index (Phi) is 1.88. The summed E-state index contributed by atoms with van der Waals surface area (Å²) in [6.45, 7) is 9.62. The second-order valence-corrected chi connectivity index (χ2v) is 6.22. The molecular weight excluding hydrogens is 189 g/mol. The van der Waals surface area contributed by atoms with Crippen LogP contribution >= 0.6 is 0 Å². The van der Waals surface area contributed by atoms with Gasteiger partial charge in [0.15, 0.2) is 0 Å². The lowest BCUT2D eigenvalue weighted by molar-refractivity contribution is 0.00578. The van der Waals surface area contributed by atoms with Crippen LogP contribution in [0.2, 0.25) is 0 Å². The molecule has 3 nitrogen and oxygen atoms in total. The van der Waals surface area contributed by atoms with Gasteiger partial charge in [-0.05, 0) is 52.5 Å². The van der Waals surface area contributed by atoms with E-state index >= 15 is 0 Å². The Hall–Kier alpha value is -0.0551. The number of rotatable bonds is 1. The molecule has 0 spiro atoms. The van der Waals surface area contributed by atoms with Crippen LogP contribution in [0, 0.1) is 11.8 Å². The first-order chi connectivity index (χ1) is 6.91. The average Bonchev–Trinajstić information content (AvgIpc) is 2.68. The summed E-state index contributed by atoms with van der Waals surface area (Å²) >= 11 is 0. The second-order valence-electron chi connectivity index (χ2n) is 6.22. The zero-order valence-electron chi connectivity index (χ0n) is 10.0. The molecule has 2 heterocycles. The molecule has 1 N–H and O–H groups in total. The molecule has 3 aliphatic rings. The predicted octanol–water partition coefficient (Wildman–Crippen LogP) is 1.23. The van der Waals surface area contributed by atoms with Crippen LogP contribution in [0.25, 0.3) is 0 Å². The van der Waals surface area contributed by atoms with Crippen molar-refractivity contribution in [1.82, 2.24) is 5.32 Å². The minimum absolute atomic E-state index is 0.0486. The van der Waals surface area contributed by atoms with Crippen LogP contribution in [0.4, 0.5) is 0 Å². The second kappa shape index (κ2) is 2.79. The molecule has 4 heteroatoms. The Labute approximate surface area is 92.0 Å². The number of piperidine rings is 1. The molecule has 1 saturated carbocycles. The van der Waals surface area contributed by atoms with Crippen LogP contribution < -0.4 is 5.32 Å². The lowest BCUT2D eigenvalue weighted by Crippen LogP contribution is -2.44. The third-order valence-corrected chi connectivity index (χ3v) is 4.62. The zero-order chi connectivity index (χ0) is 10.8. The van der Waals surface area contributed by atoms with E-state index in [4.69, 9.17) is 9.31 Å². The van der Waals surface area contributed by atoms with Crippen LogP contribution in [0.1, 0.15) is 34.1 Å². The molecule has 1 aliphatic carbocycles. The maximum atomic E-state index is 6.06. The molecule has 15 heavy (non-hydrogen) atoms. The van der Waals surface area contributed by atoms with E-state index < -0.39 is 0 Å². The summed E-state index contributed by atoms with van der Waals surface area (Å²) in [5, 5.41) is 3.52. The fourth-order valence-electron chi connectivity index (χ4n) is 2.72. The van der Waals surface area contributed by atoms with E-state index in [2.05, 4.69) is 33.0 Å². The predicted molar refractivity (Wildman–Crippen MR) is 59.5 cm³/mol. The lowest BCUT2D eigenvalue weighted by Gasteiger charge is -2.32. The van der Waals surface area contributed by atoms with E-state index in [0.717, 1.165) is 18.4 Å². The van der Waals surface area contributed by atoms with Crippen molar-refractivity contribution in [2.75, 3.05) is 6.54 Å². The zero-order valence-corrected chi connectivity index (χ0v) is 10.0. The largest absolute Gasteiger partial charge is 0.476 e. The van der Waals surface area contributed by atoms with E-state index in [0.29, 0.717) is 5.94 Å². The van der Waals surface area contributed by atoms with Gasteiger partial charge in [-0.3, -0.25) is 0 Å². The Morgan fingerprint density at radius 2 is 1.73 bits per heavy atom. The fourth-order valence-corrected chi connectivity index (χ4v) is 2.72. The van der Waals surface area contributed by atoms with Gasteiger partial charge in [0.25, 0.3) is 0 Å². The van der Waals surface area contributed by atoms with Crippen molar-refractivity contribution in [2.24, 2.45) is 11.8 Å². The molecule has 0 aromatic carbocycles. The first-order valence-corrected chi connectivity index (χ1v) is 6.00. The highest BCUT2D eigenvalue weighted by Crippen LogP contribution is 2.48. The number of hydrogen-bond donors (Lipinski definition) is 1. The maximum absolute atomic E-state index is 6.06. The van der Waals surface area contributed by atoms with E-state index in [9.17, 15) is 0 Å². The van der Waals surface area contributed by atoms with Crippen molar-refractivity contribution < 1.29 is 9.31 Å². The molecule has 3 fully saturated rings. The lowest BCUT2D eigenvalue weighted by atomic mass is 9.76. The minimum atomic E-state index is -0.188. The third kappa shape index (κ3) is 1.38. The first kappa shape index (κ1) is 10.1. The highest BCUT2D eigenvalue weighted by Gasteiger charge is 2.60. The Balaban J connectivity index is 1.75. The summed E-state index contributed by atoms with van der Waals surface area (Å²) < 4.78 is 12.1. The topological polar surface area (TPSA) is 30.5 Å². The van der Waals surface area contributed by atoms with Gasteiger partial charge in [-0.1, -0.05) is 0 Å². The molecule has 0 radical (unpaired) electrons. The summed E-state index contributed by atoms with van der Waals surface area (Å²) in [4.78, 5) is 0. The van der Waals surface area contributed by atoms with Crippen molar-refractivity contribution in [3.63, 3.8) is 0 Å². The first-order valence-electron chi connectivity index (χ1n) is 6.00. The normalized spacial score (nSPS) is 45.6. The van der Waals surface area contributed by atoms with Gasteiger partial charge < -0.3 is 14.6 Å². The Bertz CT molecular complexity index is 276. The van der Waals surface area contributed by atoms with Gasteiger partial charge in [0.1, 0.15) is 0 Å². The fraction of sp³-hybridized carbons (Fsp3) is 1.00. The van der Waals surface area contributed by atoms with Crippen LogP contribution in [-0.4, -0.2) is 30.8 Å². The van der Waals surface area contributed by atoms with Crippen molar-refractivity contribution in [2.45, 2.75) is 51.3 Å². The van der Waals surface area contributed by atoms with Gasteiger partial charge in [-0.15, -0.1) is 0 Å². The van der Waals surface area contributed by atoms with Crippen molar-refractivity contribution in [3.05, 3.63) is 0 Å². The molecule has 3 atom stereocenters. The van der Waals surface area contributed by atoms with Crippen LogP contribution in [0.3, 0.4) is 0 Å². The van der Waals surface area contributed by atoms with Crippen molar-refractivity contribution >= 4 is 7.12 Å². The molecular formula is C11H20BNO2. The summed E-state index contributed by atoms with van der Waals surface area (Å²) in [6.07, 6.45) is 1.36. The van der Waals surface area contributed by atoms with Crippen molar-refractivity contribution in [1.29, 1.82) is 0 Å². The van der Waals surface area contributed by atoms with E-state index in [-0.39, 0.29) is 18.3 Å². The highest BCUT2D eigenvalue weighted by molar-refractivity contribution is 6.48. The van der Waals surface area contributed by atoms with Crippen molar-refractivity contribution in [3.8, 4) is 0 Å². The minimum Gasteiger partial charge on any atom is -0.402 e. The van der Waals surface area contributed by atoms with Crippen LogP contribution in [0.5, 0.6) is 0 Å². The molecule has 0 aromatic heterocycles. The summed E-state index contributed by atoms with van der Waals surface area (Å²) in [7, 11) is -0.0486. The molecule has 0 aromatic rings. The Morgan fingerprint density at radius 3 is 2.13 bits per heavy atom. The third-order valence-electron chi connectivity index (χ3n) is 4.62. The molecule has 0 bridgehead atoms. The number of nitrogens with one attached hydrogen (secondary N) is 1. The smallest absolute Gasteiger partial charge is 0.402 e. The SMILES string of the molecule is CC1(C)OB(C2NCC3CC32)OC1(C)C. The maximum Gasteiger partial charge on any atom is 0.476 e. The molecule has 3 rings (SSSR count). The van der Waals surface area contributed by atoms with E-state index in [1.807, 2.05) is 0 Å².